The smallest absolute Gasteiger partial charge is 0.318 e. The first kappa shape index (κ1) is 34.9. The Balaban J connectivity index is 0.992. The quantitative estimate of drug-likeness (QED) is 0.272. The summed E-state index contributed by atoms with van der Waals surface area (Å²) in [6.07, 6.45) is 5.27. The van der Waals surface area contributed by atoms with Gasteiger partial charge in [-0.25, -0.2) is 8.78 Å². The molecule has 0 radical (unpaired) electrons. The van der Waals surface area contributed by atoms with E-state index in [1.54, 1.807) is 18.2 Å². The maximum absolute atomic E-state index is 15.2. The average Bonchev–Trinajstić information content (AvgIpc) is 3.89. The van der Waals surface area contributed by atoms with Crippen LogP contribution in [0.2, 0.25) is 0 Å². The van der Waals surface area contributed by atoms with Gasteiger partial charge in [0.15, 0.2) is 5.69 Å². The number of ether oxygens (including phenoxy) is 2. The molecule has 12 nitrogen and oxygen atoms in total. The predicted octanol–water partition coefficient (Wildman–Crippen LogP) is 5.17. The van der Waals surface area contributed by atoms with Crippen LogP contribution in [-0.4, -0.2) is 110 Å². The molecule has 4 atom stereocenters. The van der Waals surface area contributed by atoms with Crippen molar-refractivity contribution in [3.8, 4) is 11.8 Å². The SMILES string of the molecule is CCc1c(F)ccc2cc(O)cc(N3CCc4c(nc(OC[C@@]56CCCN5C[C@H](F)C6)nc4N4CCCn5nc(C(=O)N6CC7CC6CCO7)cc5C4)C3)c12. The van der Waals surface area contributed by atoms with Crippen LogP contribution in [0.15, 0.2) is 30.3 Å². The van der Waals surface area contributed by atoms with Crippen molar-refractivity contribution >= 4 is 28.2 Å². The third kappa shape index (κ3) is 6.07. The number of amides is 1. The Bertz CT molecular complexity index is 2160. The van der Waals surface area contributed by atoms with Crippen molar-refractivity contribution in [1.29, 1.82) is 0 Å². The van der Waals surface area contributed by atoms with Gasteiger partial charge in [0.25, 0.3) is 5.91 Å². The number of hydrogen-bond donors (Lipinski definition) is 1. The third-order valence-electron chi connectivity index (χ3n) is 13.1. The number of halogens is 2. The molecule has 0 spiro atoms. The van der Waals surface area contributed by atoms with E-state index in [-0.39, 0.29) is 41.2 Å². The molecule has 2 bridgehead atoms. The highest BCUT2D eigenvalue weighted by molar-refractivity contribution is 5.98. The number of phenols is 1. The van der Waals surface area contributed by atoms with E-state index >= 15 is 4.39 Å². The molecule has 2 aromatic heterocycles. The van der Waals surface area contributed by atoms with Crippen LogP contribution in [0, 0.1) is 5.82 Å². The number of nitrogens with zero attached hydrogens (tertiary/aromatic N) is 8. The minimum Gasteiger partial charge on any atom is -0.508 e. The number of rotatable bonds is 7. The molecule has 0 aliphatic carbocycles. The van der Waals surface area contributed by atoms with Gasteiger partial charge in [-0.3, -0.25) is 14.4 Å². The van der Waals surface area contributed by atoms with Gasteiger partial charge < -0.3 is 29.3 Å². The highest BCUT2D eigenvalue weighted by Crippen LogP contribution is 2.42. The number of aromatic nitrogens is 4. The van der Waals surface area contributed by atoms with Crippen LogP contribution < -0.4 is 14.5 Å². The first-order valence-corrected chi connectivity index (χ1v) is 20.1. The number of alkyl halides is 1. The molecule has 10 rings (SSSR count). The number of benzene rings is 2. The van der Waals surface area contributed by atoms with E-state index in [4.69, 9.17) is 24.5 Å². The molecule has 4 fully saturated rings. The lowest BCUT2D eigenvalue weighted by Crippen LogP contribution is -2.43. The van der Waals surface area contributed by atoms with Crippen LogP contribution in [0.5, 0.6) is 11.8 Å². The van der Waals surface area contributed by atoms with Crippen LogP contribution in [0.25, 0.3) is 10.8 Å². The molecule has 55 heavy (non-hydrogen) atoms. The Hall–Kier alpha value is -4.56. The zero-order chi connectivity index (χ0) is 37.4. The topological polar surface area (TPSA) is 112 Å². The number of fused-ring (bicyclic) bond motifs is 6. The Morgan fingerprint density at radius 3 is 2.85 bits per heavy atom. The largest absolute Gasteiger partial charge is 0.508 e. The minimum absolute atomic E-state index is 0.0336. The maximum atomic E-state index is 15.2. The van der Waals surface area contributed by atoms with E-state index in [2.05, 4.69) is 14.7 Å². The lowest BCUT2D eigenvalue weighted by atomic mass is 9.95. The second-order valence-corrected chi connectivity index (χ2v) is 16.4. The Kier molecular flexibility index (Phi) is 8.61. The summed E-state index contributed by atoms with van der Waals surface area (Å²) < 4.78 is 44.2. The van der Waals surface area contributed by atoms with Crippen LogP contribution in [0.1, 0.15) is 78.5 Å². The third-order valence-corrected chi connectivity index (χ3v) is 13.1. The van der Waals surface area contributed by atoms with Gasteiger partial charge in [-0.15, -0.1) is 0 Å². The molecular formula is C41H48F2N8O4. The predicted molar refractivity (Wildman–Crippen MR) is 202 cm³/mol. The number of aromatic hydroxyl groups is 1. The van der Waals surface area contributed by atoms with Gasteiger partial charge in [0.05, 0.1) is 36.1 Å². The van der Waals surface area contributed by atoms with Crippen LogP contribution in [0.3, 0.4) is 0 Å². The highest BCUT2D eigenvalue weighted by Gasteiger charge is 2.49. The molecule has 14 heteroatoms. The van der Waals surface area contributed by atoms with E-state index in [0.717, 1.165) is 84.4 Å². The molecule has 0 saturated carbocycles. The fraction of sp³-hybridized carbons (Fsp3) is 0.561. The van der Waals surface area contributed by atoms with Crippen LogP contribution >= 0.6 is 0 Å². The van der Waals surface area contributed by atoms with E-state index in [1.165, 1.54) is 6.07 Å². The molecule has 8 heterocycles. The van der Waals surface area contributed by atoms with E-state index in [1.807, 2.05) is 22.6 Å². The number of carbonyl (C=O) groups excluding carboxylic acids is 1. The molecule has 2 aromatic carbocycles. The number of hydrogen-bond acceptors (Lipinski definition) is 10. The second-order valence-electron chi connectivity index (χ2n) is 16.4. The second kappa shape index (κ2) is 13.6. The van der Waals surface area contributed by atoms with Crippen molar-refractivity contribution in [2.75, 3.05) is 55.7 Å². The Labute approximate surface area is 319 Å². The summed E-state index contributed by atoms with van der Waals surface area (Å²) >= 11 is 0. The zero-order valence-corrected chi connectivity index (χ0v) is 31.4. The number of likely N-dealkylation sites (tertiary alicyclic amines) is 1. The summed E-state index contributed by atoms with van der Waals surface area (Å²) in [4.78, 5) is 32.5. The number of carbonyl (C=O) groups is 1. The van der Waals surface area contributed by atoms with Gasteiger partial charge >= 0.3 is 6.01 Å². The first-order chi connectivity index (χ1) is 26.7. The van der Waals surface area contributed by atoms with Crippen LogP contribution in [0.4, 0.5) is 20.3 Å². The van der Waals surface area contributed by atoms with Crippen molar-refractivity contribution in [1.82, 2.24) is 29.5 Å². The molecule has 1 amide bonds. The van der Waals surface area contributed by atoms with Gasteiger partial charge in [0.1, 0.15) is 30.2 Å². The lowest BCUT2D eigenvalue weighted by Gasteiger charge is -2.35. The molecule has 6 aliphatic rings. The van der Waals surface area contributed by atoms with E-state index < -0.39 is 6.17 Å². The van der Waals surface area contributed by atoms with Gasteiger partial charge in [-0.1, -0.05) is 13.0 Å². The molecule has 4 saturated heterocycles. The van der Waals surface area contributed by atoms with Crippen molar-refractivity contribution in [2.45, 2.75) is 102 Å². The molecule has 4 aromatic rings. The normalized spacial score (nSPS) is 26.3. The van der Waals surface area contributed by atoms with Crippen molar-refractivity contribution in [2.24, 2.45) is 0 Å². The van der Waals surface area contributed by atoms with Crippen molar-refractivity contribution < 1.29 is 28.2 Å². The van der Waals surface area contributed by atoms with Gasteiger partial charge in [-0.05, 0) is 80.6 Å². The van der Waals surface area contributed by atoms with Gasteiger partial charge in [-0.2, -0.15) is 15.1 Å². The highest BCUT2D eigenvalue weighted by atomic mass is 19.1. The van der Waals surface area contributed by atoms with Crippen molar-refractivity contribution in [3.05, 3.63) is 64.4 Å². The molecular weight excluding hydrogens is 706 g/mol. The van der Waals surface area contributed by atoms with E-state index in [9.17, 15) is 14.3 Å². The summed E-state index contributed by atoms with van der Waals surface area (Å²) in [5.41, 5.74) is 4.28. The standard InChI is InChI=1S/C41H48F2N8O4/c1-2-31-33(43)6-5-25-15-29(52)18-36(37(25)31)47-13-7-32-35(23-47)44-40(55-24-41-9-3-11-49(41)20-26(42)19-41)45-38(32)48-10-4-12-51-28(21-48)17-34(46-51)39(53)50-22-30-16-27(50)8-14-54-30/h5-6,15,17-18,26-27,30,52H,2-4,7-14,16,19-24H2,1H3/t26-,27?,30?,41+/m1/s1. The fourth-order valence-corrected chi connectivity index (χ4v) is 10.4. The van der Waals surface area contributed by atoms with E-state index in [0.29, 0.717) is 83.0 Å². The minimum atomic E-state index is -0.871. The number of phenolic OH excluding ortho intramolecular Hbond substituents is 1. The average molecular weight is 755 g/mol. The summed E-state index contributed by atoms with van der Waals surface area (Å²) in [6, 6.07) is 9.01. The summed E-state index contributed by atoms with van der Waals surface area (Å²) in [6.45, 7) is 7.82. The first-order valence-electron chi connectivity index (χ1n) is 20.1. The van der Waals surface area contributed by atoms with Crippen molar-refractivity contribution in [3.63, 3.8) is 0 Å². The molecule has 1 N–H and O–H groups in total. The summed E-state index contributed by atoms with van der Waals surface area (Å²) in [5.74, 6) is 0.625. The monoisotopic (exact) mass is 754 g/mol. The van der Waals surface area contributed by atoms with Gasteiger partial charge in [0, 0.05) is 74.5 Å². The summed E-state index contributed by atoms with van der Waals surface area (Å²) in [5, 5.41) is 17.2. The number of anilines is 2. The maximum Gasteiger partial charge on any atom is 0.318 e. The van der Waals surface area contributed by atoms with Crippen LogP contribution in [-0.2, 0) is 37.2 Å². The Morgan fingerprint density at radius 2 is 1.98 bits per heavy atom. The lowest BCUT2D eigenvalue weighted by molar-refractivity contribution is 0.0419. The Morgan fingerprint density at radius 1 is 1.07 bits per heavy atom. The van der Waals surface area contributed by atoms with Gasteiger partial charge in [0.2, 0.25) is 0 Å². The molecule has 6 aliphatic heterocycles. The molecule has 2 unspecified atom stereocenters. The fourth-order valence-electron chi connectivity index (χ4n) is 10.4. The molecule has 290 valence electrons. The number of aryl methyl sites for hydroxylation is 2. The zero-order valence-electron chi connectivity index (χ0n) is 31.4. The summed E-state index contributed by atoms with van der Waals surface area (Å²) in [7, 11) is 0.